The van der Waals surface area contributed by atoms with Crippen LogP contribution in [0.1, 0.15) is 31.2 Å². The molecule has 0 amide bonds. The Balaban J connectivity index is 1.99. The second-order valence-electron chi connectivity index (χ2n) is 4.82. The molecule has 0 spiro atoms. The molecular weight excluding hydrogens is 218 g/mol. The number of phenols is 2. The summed E-state index contributed by atoms with van der Waals surface area (Å²) in [5.41, 5.74) is 0.744. The fraction of sp³-hybridized carbons (Fsp3) is 0.538. The molecular formula is C13H19NO3. The van der Waals surface area contributed by atoms with E-state index in [1.54, 1.807) is 12.1 Å². The van der Waals surface area contributed by atoms with Gasteiger partial charge in [-0.2, -0.15) is 0 Å². The number of benzene rings is 1. The maximum atomic E-state index is 9.44. The van der Waals surface area contributed by atoms with Gasteiger partial charge in [0.25, 0.3) is 0 Å². The Bertz CT molecular complexity index is 386. The van der Waals surface area contributed by atoms with Gasteiger partial charge in [-0.1, -0.05) is 18.9 Å². The van der Waals surface area contributed by atoms with Crippen molar-refractivity contribution < 1.29 is 15.3 Å². The second-order valence-corrected chi connectivity index (χ2v) is 4.82. The van der Waals surface area contributed by atoms with Gasteiger partial charge in [0.1, 0.15) is 0 Å². The third-order valence-corrected chi connectivity index (χ3v) is 3.57. The molecule has 0 aromatic heterocycles. The quantitative estimate of drug-likeness (QED) is 0.599. The van der Waals surface area contributed by atoms with E-state index in [0.29, 0.717) is 6.54 Å². The number of phenolic OH excluding ortho intramolecular Hbond substituents is 2. The zero-order chi connectivity index (χ0) is 12.3. The number of aromatic hydroxyl groups is 2. The van der Waals surface area contributed by atoms with Gasteiger partial charge in [0.15, 0.2) is 11.5 Å². The first-order valence-corrected chi connectivity index (χ1v) is 6.02. The second kappa shape index (κ2) is 4.94. The van der Waals surface area contributed by atoms with Gasteiger partial charge in [-0.3, -0.25) is 0 Å². The number of aliphatic hydroxyl groups is 1. The molecule has 1 aliphatic rings. The standard InChI is InChI=1S/C13H19NO3/c15-9-13(5-1-2-6-13)14-8-10-3-4-11(16)12(17)7-10/h3-4,7,14-17H,1-2,5-6,8-9H2. The summed E-state index contributed by atoms with van der Waals surface area (Å²) < 4.78 is 0. The number of hydrogen-bond donors (Lipinski definition) is 4. The van der Waals surface area contributed by atoms with E-state index >= 15 is 0 Å². The summed E-state index contributed by atoms with van der Waals surface area (Å²) in [5.74, 6) is -0.208. The van der Waals surface area contributed by atoms with Crippen LogP contribution in [0.4, 0.5) is 0 Å². The van der Waals surface area contributed by atoms with Crippen molar-refractivity contribution in [2.24, 2.45) is 0 Å². The van der Waals surface area contributed by atoms with Crippen molar-refractivity contribution >= 4 is 0 Å². The van der Waals surface area contributed by atoms with Crippen molar-refractivity contribution in [3.63, 3.8) is 0 Å². The molecule has 0 saturated heterocycles. The SMILES string of the molecule is OCC1(NCc2ccc(O)c(O)c2)CCCC1. The lowest BCUT2D eigenvalue weighted by Gasteiger charge is -2.28. The van der Waals surface area contributed by atoms with E-state index in [9.17, 15) is 15.3 Å². The molecule has 17 heavy (non-hydrogen) atoms. The van der Waals surface area contributed by atoms with Crippen LogP contribution in [0.5, 0.6) is 11.5 Å². The molecule has 1 aromatic carbocycles. The molecule has 0 bridgehead atoms. The molecule has 1 fully saturated rings. The third kappa shape index (κ3) is 2.70. The van der Waals surface area contributed by atoms with Crippen molar-refractivity contribution in [2.45, 2.75) is 37.8 Å². The van der Waals surface area contributed by atoms with Crippen LogP contribution in [-0.4, -0.2) is 27.5 Å². The minimum Gasteiger partial charge on any atom is -0.504 e. The molecule has 1 saturated carbocycles. The highest BCUT2D eigenvalue weighted by Crippen LogP contribution is 2.30. The summed E-state index contributed by atoms with van der Waals surface area (Å²) >= 11 is 0. The van der Waals surface area contributed by atoms with Crippen molar-refractivity contribution in [1.29, 1.82) is 0 Å². The Hall–Kier alpha value is -1.26. The van der Waals surface area contributed by atoms with E-state index < -0.39 is 0 Å². The number of nitrogens with one attached hydrogen (secondary N) is 1. The lowest BCUT2D eigenvalue weighted by Crippen LogP contribution is -2.45. The summed E-state index contributed by atoms with van der Waals surface area (Å²) in [6, 6.07) is 4.79. The van der Waals surface area contributed by atoms with Crippen LogP contribution in [0.3, 0.4) is 0 Å². The molecule has 0 radical (unpaired) electrons. The zero-order valence-electron chi connectivity index (χ0n) is 9.82. The average molecular weight is 237 g/mol. The van der Waals surface area contributed by atoms with Crippen LogP contribution in [0, 0.1) is 0 Å². The summed E-state index contributed by atoms with van der Waals surface area (Å²) in [5, 5.41) is 31.4. The number of rotatable bonds is 4. The highest BCUT2D eigenvalue weighted by atomic mass is 16.3. The predicted molar refractivity (Wildman–Crippen MR) is 64.9 cm³/mol. The lowest BCUT2D eigenvalue weighted by atomic mass is 9.98. The van der Waals surface area contributed by atoms with Gasteiger partial charge >= 0.3 is 0 Å². The predicted octanol–water partition coefficient (Wildman–Crippen LogP) is 1.49. The van der Waals surface area contributed by atoms with E-state index in [1.807, 2.05) is 0 Å². The molecule has 4 N–H and O–H groups in total. The highest BCUT2D eigenvalue weighted by Gasteiger charge is 2.32. The van der Waals surface area contributed by atoms with Crippen LogP contribution in [-0.2, 0) is 6.54 Å². The molecule has 1 aliphatic carbocycles. The van der Waals surface area contributed by atoms with E-state index in [4.69, 9.17) is 0 Å². The smallest absolute Gasteiger partial charge is 0.157 e. The highest BCUT2D eigenvalue weighted by molar-refractivity contribution is 5.40. The molecule has 1 aromatic rings. The Kier molecular flexibility index (Phi) is 3.54. The fourth-order valence-electron chi connectivity index (χ4n) is 2.41. The molecule has 2 rings (SSSR count). The van der Waals surface area contributed by atoms with Crippen LogP contribution >= 0.6 is 0 Å². The maximum absolute atomic E-state index is 9.44. The van der Waals surface area contributed by atoms with E-state index in [-0.39, 0.29) is 23.6 Å². The Labute approximate surface area is 101 Å². The summed E-state index contributed by atoms with van der Waals surface area (Å²) in [6.45, 7) is 0.742. The first-order chi connectivity index (χ1) is 8.15. The van der Waals surface area contributed by atoms with Gasteiger partial charge in [0.2, 0.25) is 0 Å². The molecule has 94 valence electrons. The first-order valence-electron chi connectivity index (χ1n) is 6.02. The first kappa shape index (κ1) is 12.2. The Morgan fingerprint density at radius 3 is 2.41 bits per heavy atom. The number of aliphatic hydroxyl groups excluding tert-OH is 1. The minimum atomic E-state index is -0.159. The van der Waals surface area contributed by atoms with E-state index in [0.717, 1.165) is 31.2 Å². The molecule has 4 nitrogen and oxygen atoms in total. The number of hydrogen-bond acceptors (Lipinski definition) is 4. The molecule has 0 heterocycles. The maximum Gasteiger partial charge on any atom is 0.157 e. The molecule has 0 aliphatic heterocycles. The monoisotopic (exact) mass is 237 g/mol. The summed E-state index contributed by atoms with van der Waals surface area (Å²) in [6.07, 6.45) is 4.28. The fourth-order valence-corrected chi connectivity index (χ4v) is 2.41. The summed E-state index contributed by atoms with van der Waals surface area (Å²) in [4.78, 5) is 0. The van der Waals surface area contributed by atoms with Crippen LogP contribution in [0.2, 0.25) is 0 Å². The van der Waals surface area contributed by atoms with Crippen molar-refractivity contribution in [3.05, 3.63) is 23.8 Å². The van der Waals surface area contributed by atoms with Gasteiger partial charge in [0.05, 0.1) is 6.61 Å². The molecule has 0 atom stereocenters. The van der Waals surface area contributed by atoms with Gasteiger partial charge in [0, 0.05) is 12.1 Å². The van der Waals surface area contributed by atoms with Crippen molar-refractivity contribution in [3.8, 4) is 11.5 Å². The van der Waals surface area contributed by atoms with E-state index in [1.165, 1.54) is 6.07 Å². The van der Waals surface area contributed by atoms with Crippen LogP contribution < -0.4 is 5.32 Å². The van der Waals surface area contributed by atoms with Gasteiger partial charge < -0.3 is 20.6 Å². The molecule has 4 heteroatoms. The van der Waals surface area contributed by atoms with Crippen molar-refractivity contribution in [2.75, 3.05) is 6.61 Å². The van der Waals surface area contributed by atoms with Crippen LogP contribution in [0.25, 0.3) is 0 Å². The van der Waals surface area contributed by atoms with Crippen molar-refractivity contribution in [1.82, 2.24) is 5.32 Å². The summed E-state index contributed by atoms with van der Waals surface area (Å²) in [7, 11) is 0. The average Bonchev–Trinajstić information content (AvgIpc) is 2.80. The lowest BCUT2D eigenvalue weighted by molar-refractivity contribution is 0.163. The van der Waals surface area contributed by atoms with Crippen LogP contribution in [0.15, 0.2) is 18.2 Å². The third-order valence-electron chi connectivity index (χ3n) is 3.57. The van der Waals surface area contributed by atoms with Gasteiger partial charge in [-0.25, -0.2) is 0 Å². The normalized spacial score (nSPS) is 18.4. The topological polar surface area (TPSA) is 72.7 Å². The Morgan fingerprint density at radius 1 is 1.12 bits per heavy atom. The molecule has 0 unspecified atom stereocenters. The van der Waals surface area contributed by atoms with E-state index in [2.05, 4.69) is 5.32 Å². The Morgan fingerprint density at radius 2 is 1.82 bits per heavy atom. The minimum absolute atomic E-state index is 0.103. The van der Waals surface area contributed by atoms with Gasteiger partial charge in [-0.15, -0.1) is 0 Å². The largest absolute Gasteiger partial charge is 0.504 e. The zero-order valence-corrected chi connectivity index (χ0v) is 9.82. The van der Waals surface area contributed by atoms with Gasteiger partial charge in [-0.05, 0) is 30.5 Å².